The topological polar surface area (TPSA) is 52.7 Å². The van der Waals surface area contributed by atoms with Gasteiger partial charge in [0.2, 0.25) is 0 Å². The lowest BCUT2D eigenvalue weighted by molar-refractivity contribution is -0.122. The monoisotopic (exact) mass is 443 g/mol. The molecule has 0 aliphatic carbocycles. The predicted molar refractivity (Wildman–Crippen MR) is 120 cm³/mol. The molecule has 2 aliphatic rings. The zero-order valence-electron chi connectivity index (χ0n) is 16.2. The van der Waals surface area contributed by atoms with Gasteiger partial charge in [0, 0.05) is 29.4 Å². The summed E-state index contributed by atoms with van der Waals surface area (Å²) in [5.74, 6) is -1.78. The molecule has 2 heterocycles. The molecule has 0 spiro atoms. The van der Waals surface area contributed by atoms with E-state index in [4.69, 9.17) is 23.8 Å². The number of nitrogens with zero attached hydrogens (tertiary/aromatic N) is 2. The van der Waals surface area contributed by atoms with Gasteiger partial charge in [-0.3, -0.25) is 19.8 Å². The molecule has 2 fully saturated rings. The van der Waals surface area contributed by atoms with Crippen molar-refractivity contribution in [3.05, 3.63) is 63.9 Å². The third-order valence-electron chi connectivity index (χ3n) is 5.34. The van der Waals surface area contributed by atoms with Crippen LogP contribution in [0.3, 0.4) is 0 Å². The van der Waals surface area contributed by atoms with Crippen molar-refractivity contribution < 1.29 is 14.0 Å². The fourth-order valence-electron chi connectivity index (χ4n) is 3.68. The quantitative estimate of drug-likeness (QED) is 0.438. The molecule has 0 unspecified atom stereocenters. The summed E-state index contributed by atoms with van der Waals surface area (Å²) >= 11 is 11.4. The van der Waals surface area contributed by atoms with Crippen molar-refractivity contribution in [1.29, 1.82) is 0 Å². The van der Waals surface area contributed by atoms with Crippen LogP contribution in [-0.2, 0) is 9.59 Å². The van der Waals surface area contributed by atoms with Gasteiger partial charge in [0.25, 0.3) is 11.8 Å². The number of carbonyl (C=O) groups is 2. The highest BCUT2D eigenvalue weighted by Crippen LogP contribution is 2.30. The lowest BCUT2D eigenvalue weighted by Gasteiger charge is -2.30. The first-order chi connectivity index (χ1) is 14.4. The van der Waals surface area contributed by atoms with Crippen molar-refractivity contribution in [3.8, 4) is 0 Å². The Balaban J connectivity index is 1.70. The van der Waals surface area contributed by atoms with Gasteiger partial charge < -0.3 is 4.90 Å². The summed E-state index contributed by atoms with van der Waals surface area (Å²) in [5.41, 5.74) is 1.87. The van der Waals surface area contributed by atoms with E-state index in [-0.39, 0.29) is 16.2 Å². The average molecular weight is 444 g/mol. The second-order valence-corrected chi connectivity index (χ2v) is 8.04. The van der Waals surface area contributed by atoms with Crippen molar-refractivity contribution in [1.82, 2.24) is 5.32 Å². The summed E-state index contributed by atoms with van der Waals surface area (Å²) in [6, 6.07) is 9.90. The number of rotatable bonds is 3. The number of thiocarbonyl (C=S) groups is 1. The molecule has 2 aromatic carbocycles. The Morgan fingerprint density at radius 2 is 1.90 bits per heavy atom. The van der Waals surface area contributed by atoms with Gasteiger partial charge in [0.05, 0.1) is 5.69 Å². The van der Waals surface area contributed by atoms with Crippen molar-refractivity contribution in [2.24, 2.45) is 0 Å². The zero-order chi connectivity index (χ0) is 21.4. The number of amides is 2. The highest BCUT2D eigenvalue weighted by atomic mass is 35.5. The number of hydrogen-bond acceptors (Lipinski definition) is 4. The van der Waals surface area contributed by atoms with Crippen LogP contribution in [0.5, 0.6) is 0 Å². The largest absolute Gasteiger partial charge is 0.371 e. The standard InChI is InChI=1S/C22H19ClFN3O2S/c1-13-17(23)5-4-6-19(13)27-21(29)16(20(28)25-22(27)30)11-14-7-8-15(12-18(14)24)26-9-2-3-10-26/h4-8,11-12H,2-3,9-10H2,1H3,(H,25,28,30)/b16-11+. The van der Waals surface area contributed by atoms with E-state index < -0.39 is 17.6 Å². The molecule has 154 valence electrons. The Labute approximate surface area is 184 Å². The Morgan fingerprint density at radius 3 is 2.60 bits per heavy atom. The molecule has 0 bridgehead atoms. The van der Waals surface area contributed by atoms with Crippen LogP contribution >= 0.6 is 23.8 Å². The zero-order valence-corrected chi connectivity index (χ0v) is 17.8. The summed E-state index contributed by atoms with van der Waals surface area (Å²) in [6.45, 7) is 3.54. The minimum atomic E-state index is -0.663. The molecule has 30 heavy (non-hydrogen) atoms. The second kappa shape index (κ2) is 8.16. The maximum atomic E-state index is 14.8. The van der Waals surface area contributed by atoms with Crippen LogP contribution in [0.25, 0.3) is 6.08 Å². The van der Waals surface area contributed by atoms with Gasteiger partial charge in [-0.1, -0.05) is 17.7 Å². The van der Waals surface area contributed by atoms with E-state index in [1.54, 1.807) is 37.3 Å². The molecule has 0 atom stereocenters. The van der Waals surface area contributed by atoms with Gasteiger partial charge in [-0.25, -0.2) is 4.39 Å². The highest BCUT2D eigenvalue weighted by Gasteiger charge is 2.35. The van der Waals surface area contributed by atoms with Crippen molar-refractivity contribution in [3.63, 3.8) is 0 Å². The van der Waals surface area contributed by atoms with Crippen LogP contribution in [0.15, 0.2) is 42.0 Å². The average Bonchev–Trinajstić information content (AvgIpc) is 3.24. The highest BCUT2D eigenvalue weighted by molar-refractivity contribution is 7.80. The fraction of sp³-hybridized carbons (Fsp3) is 0.227. The third kappa shape index (κ3) is 3.70. The van der Waals surface area contributed by atoms with E-state index in [0.29, 0.717) is 16.3 Å². The number of halogens is 2. The normalized spacial score (nSPS) is 18.4. The first-order valence-electron chi connectivity index (χ1n) is 9.58. The fourth-order valence-corrected chi connectivity index (χ4v) is 4.12. The molecule has 2 aliphatic heterocycles. The number of benzene rings is 2. The smallest absolute Gasteiger partial charge is 0.270 e. The molecule has 1 N–H and O–H groups in total. The van der Waals surface area contributed by atoms with E-state index in [1.807, 2.05) is 0 Å². The van der Waals surface area contributed by atoms with E-state index in [0.717, 1.165) is 31.6 Å². The van der Waals surface area contributed by atoms with Crippen LogP contribution in [0.2, 0.25) is 5.02 Å². The summed E-state index contributed by atoms with van der Waals surface area (Å²) < 4.78 is 14.8. The maximum absolute atomic E-state index is 14.8. The predicted octanol–water partition coefficient (Wildman–Crippen LogP) is 4.22. The molecule has 0 saturated carbocycles. The van der Waals surface area contributed by atoms with Gasteiger partial charge in [-0.15, -0.1) is 0 Å². The van der Waals surface area contributed by atoms with Gasteiger partial charge in [-0.05, 0) is 74.0 Å². The van der Waals surface area contributed by atoms with Crippen LogP contribution in [0, 0.1) is 12.7 Å². The number of nitrogens with one attached hydrogen (secondary N) is 1. The molecule has 2 amide bonds. The molecule has 4 rings (SSSR count). The number of carbonyl (C=O) groups excluding carboxylic acids is 2. The van der Waals surface area contributed by atoms with Gasteiger partial charge in [0.15, 0.2) is 5.11 Å². The minimum Gasteiger partial charge on any atom is -0.371 e. The molecule has 5 nitrogen and oxygen atoms in total. The van der Waals surface area contributed by atoms with Crippen molar-refractivity contribution in [2.45, 2.75) is 19.8 Å². The molecule has 0 aromatic heterocycles. The van der Waals surface area contributed by atoms with E-state index >= 15 is 0 Å². The van der Waals surface area contributed by atoms with Crippen LogP contribution in [0.4, 0.5) is 15.8 Å². The lowest BCUT2D eigenvalue weighted by Crippen LogP contribution is -2.54. The summed E-state index contributed by atoms with van der Waals surface area (Å²) in [5, 5.41) is 2.93. The first-order valence-corrected chi connectivity index (χ1v) is 10.4. The molecule has 0 radical (unpaired) electrons. The van der Waals surface area contributed by atoms with E-state index in [1.165, 1.54) is 17.0 Å². The van der Waals surface area contributed by atoms with Gasteiger partial charge in [0.1, 0.15) is 11.4 Å². The van der Waals surface area contributed by atoms with Gasteiger partial charge >= 0.3 is 0 Å². The van der Waals surface area contributed by atoms with Crippen molar-refractivity contribution >= 4 is 58.2 Å². The summed E-state index contributed by atoms with van der Waals surface area (Å²) in [7, 11) is 0. The Morgan fingerprint density at radius 1 is 1.17 bits per heavy atom. The molecule has 2 aromatic rings. The molecule has 2 saturated heterocycles. The SMILES string of the molecule is Cc1c(Cl)cccc1N1C(=O)/C(=C/c2ccc(N3CCCC3)cc2F)C(=O)NC1=S. The summed E-state index contributed by atoms with van der Waals surface area (Å²) in [4.78, 5) is 28.9. The van der Waals surface area contributed by atoms with E-state index in [2.05, 4.69) is 10.2 Å². The van der Waals surface area contributed by atoms with Crippen LogP contribution < -0.4 is 15.1 Å². The summed E-state index contributed by atoms with van der Waals surface area (Å²) in [6.07, 6.45) is 3.43. The lowest BCUT2D eigenvalue weighted by atomic mass is 10.0. The van der Waals surface area contributed by atoms with Crippen molar-refractivity contribution in [2.75, 3.05) is 22.9 Å². The first kappa shape index (κ1) is 20.5. The van der Waals surface area contributed by atoms with Crippen LogP contribution in [0.1, 0.15) is 24.0 Å². The Hall–Kier alpha value is -2.77. The van der Waals surface area contributed by atoms with Crippen LogP contribution in [-0.4, -0.2) is 30.0 Å². The minimum absolute atomic E-state index is 0.0441. The van der Waals surface area contributed by atoms with Gasteiger partial charge in [-0.2, -0.15) is 0 Å². The molecular weight excluding hydrogens is 425 g/mol. The third-order valence-corrected chi connectivity index (χ3v) is 6.03. The Bertz CT molecular complexity index is 1100. The molecule has 8 heteroatoms. The van der Waals surface area contributed by atoms with E-state index in [9.17, 15) is 14.0 Å². The number of hydrogen-bond donors (Lipinski definition) is 1. The second-order valence-electron chi connectivity index (χ2n) is 7.24. The molecular formula is C22H19ClFN3O2S. The number of anilines is 2. The maximum Gasteiger partial charge on any atom is 0.270 e. The Kier molecular flexibility index (Phi) is 5.58.